The Morgan fingerprint density at radius 3 is 2.76 bits per heavy atom. The smallest absolute Gasteiger partial charge is 0.332 e. The average molecular weight is 291 g/mol. The fraction of sp³-hybridized carbons (Fsp3) is 0.417. The van der Waals surface area contributed by atoms with Crippen LogP contribution >= 0.6 is 0 Å². The maximum Gasteiger partial charge on any atom is 0.332 e. The van der Waals surface area contributed by atoms with Crippen LogP contribution in [0, 0.1) is 17.0 Å². The van der Waals surface area contributed by atoms with E-state index in [9.17, 15) is 10.1 Å². The molecule has 112 valence electrons. The van der Waals surface area contributed by atoms with E-state index in [-0.39, 0.29) is 11.5 Å². The summed E-state index contributed by atoms with van der Waals surface area (Å²) in [5, 5.41) is 21.1. The van der Waals surface area contributed by atoms with Gasteiger partial charge >= 0.3 is 5.69 Å². The predicted octanol–water partition coefficient (Wildman–Crippen LogP) is 1.12. The van der Waals surface area contributed by atoms with Crippen LogP contribution < -0.4 is 10.6 Å². The van der Waals surface area contributed by atoms with Crippen LogP contribution in [0.3, 0.4) is 0 Å². The molecule has 2 aromatic rings. The summed E-state index contributed by atoms with van der Waals surface area (Å²) in [5.74, 6) is 0.561. The van der Waals surface area contributed by atoms with Gasteiger partial charge in [0.1, 0.15) is 5.69 Å². The van der Waals surface area contributed by atoms with Gasteiger partial charge in [0.05, 0.1) is 10.6 Å². The Morgan fingerprint density at radius 1 is 1.43 bits per heavy atom. The van der Waals surface area contributed by atoms with Gasteiger partial charge in [-0.3, -0.25) is 14.8 Å². The van der Waals surface area contributed by atoms with E-state index in [1.165, 1.54) is 0 Å². The molecule has 9 nitrogen and oxygen atoms in total. The Kier molecular flexibility index (Phi) is 4.31. The number of aryl methyl sites for hydroxylation is 2. The molecule has 0 radical (unpaired) electrons. The molecule has 0 spiro atoms. The first-order valence-electron chi connectivity index (χ1n) is 6.44. The van der Waals surface area contributed by atoms with Crippen LogP contribution in [-0.4, -0.2) is 38.3 Å². The van der Waals surface area contributed by atoms with Crippen LogP contribution in [0.15, 0.2) is 12.3 Å². The highest BCUT2D eigenvalue weighted by atomic mass is 16.6. The second-order valence-corrected chi connectivity index (χ2v) is 4.49. The molecule has 2 aromatic heterocycles. The monoisotopic (exact) mass is 291 g/mol. The van der Waals surface area contributed by atoms with Crippen molar-refractivity contribution in [2.45, 2.75) is 13.3 Å². The number of nitrogens with one attached hydrogen (secondary N) is 2. The van der Waals surface area contributed by atoms with Crippen LogP contribution in [0.5, 0.6) is 0 Å². The van der Waals surface area contributed by atoms with Crippen LogP contribution in [-0.2, 0) is 13.5 Å². The van der Waals surface area contributed by atoms with E-state index >= 15 is 0 Å². The Labute approximate surface area is 121 Å². The van der Waals surface area contributed by atoms with Gasteiger partial charge in [0.15, 0.2) is 0 Å². The lowest BCUT2D eigenvalue weighted by Gasteiger charge is -2.08. The Morgan fingerprint density at radius 2 is 2.19 bits per heavy atom. The number of anilines is 2. The maximum atomic E-state index is 11.1. The van der Waals surface area contributed by atoms with E-state index in [0.717, 1.165) is 5.69 Å². The largest absolute Gasteiger partial charge is 0.364 e. The molecule has 0 atom stereocenters. The maximum absolute atomic E-state index is 11.1. The van der Waals surface area contributed by atoms with Gasteiger partial charge in [-0.15, -0.1) is 0 Å². The van der Waals surface area contributed by atoms with Crippen LogP contribution in [0.4, 0.5) is 17.5 Å². The Balaban J connectivity index is 2.14. The molecule has 0 saturated carbocycles. The fourth-order valence-corrected chi connectivity index (χ4v) is 1.93. The van der Waals surface area contributed by atoms with E-state index < -0.39 is 4.92 Å². The molecule has 2 rings (SSSR count). The summed E-state index contributed by atoms with van der Waals surface area (Å²) in [6.07, 6.45) is 2.50. The van der Waals surface area contributed by atoms with Gasteiger partial charge in [-0.25, -0.2) is 4.98 Å². The first kappa shape index (κ1) is 14.7. The Bertz CT molecular complexity index is 653. The molecule has 0 aliphatic carbocycles. The first-order valence-corrected chi connectivity index (χ1v) is 6.44. The average Bonchev–Trinajstić information content (AvgIpc) is 2.83. The quantitative estimate of drug-likeness (QED) is 0.606. The molecular weight excluding hydrogens is 274 g/mol. The molecule has 0 bridgehead atoms. The van der Waals surface area contributed by atoms with Gasteiger partial charge in [-0.05, 0) is 13.0 Å². The summed E-state index contributed by atoms with van der Waals surface area (Å²) >= 11 is 0. The topological polar surface area (TPSA) is 111 Å². The molecule has 2 heterocycles. The zero-order valence-electron chi connectivity index (χ0n) is 12.1. The van der Waals surface area contributed by atoms with Crippen LogP contribution in [0.1, 0.15) is 11.4 Å². The van der Waals surface area contributed by atoms with Crippen molar-refractivity contribution in [3.8, 4) is 0 Å². The van der Waals surface area contributed by atoms with E-state index in [1.54, 1.807) is 18.7 Å². The van der Waals surface area contributed by atoms with Crippen LogP contribution in [0.2, 0.25) is 0 Å². The van der Waals surface area contributed by atoms with Gasteiger partial charge in [0, 0.05) is 33.3 Å². The SMILES string of the molecule is CNc1nc(C)c([N+](=O)[O-])c(NCCc2ccn(C)n2)n1. The van der Waals surface area contributed by atoms with Crippen molar-refractivity contribution >= 4 is 17.5 Å². The number of nitro groups is 1. The minimum atomic E-state index is -0.474. The van der Waals surface area contributed by atoms with E-state index in [0.29, 0.717) is 24.6 Å². The number of hydrogen-bond donors (Lipinski definition) is 2. The van der Waals surface area contributed by atoms with Crippen molar-refractivity contribution in [2.75, 3.05) is 24.2 Å². The highest BCUT2D eigenvalue weighted by Crippen LogP contribution is 2.26. The van der Waals surface area contributed by atoms with Crippen molar-refractivity contribution in [2.24, 2.45) is 7.05 Å². The lowest BCUT2D eigenvalue weighted by Crippen LogP contribution is -2.12. The molecule has 0 aliphatic heterocycles. The summed E-state index contributed by atoms with van der Waals surface area (Å²) in [5.41, 5.74) is 1.13. The van der Waals surface area contributed by atoms with Crippen molar-refractivity contribution in [3.05, 3.63) is 33.8 Å². The lowest BCUT2D eigenvalue weighted by atomic mass is 10.3. The normalized spacial score (nSPS) is 10.4. The van der Waals surface area contributed by atoms with Gasteiger partial charge in [0.2, 0.25) is 11.8 Å². The molecule has 0 unspecified atom stereocenters. The third-order valence-corrected chi connectivity index (χ3v) is 2.91. The Hall–Kier alpha value is -2.71. The highest BCUT2D eigenvalue weighted by Gasteiger charge is 2.21. The van der Waals surface area contributed by atoms with Crippen LogP contribution in [0.25, 0.3) is 0 Å². The van der Waals surface area contributed by atoms with Gasteiger partial charge in [-0.2, -0.15) is 10.1 Å². The van der Waals surface area contributed by atoms with E-state index in [1.807, 2.05) is 19.3 Å². The second-order valence-electron chi connectivity index (χ2n) is 4.49. The minimum Gasteiger partial charge on any atom is -0.364 e. The molecule has 0 aliphatic rings. The number of rotatable bonds is 6. The van der Waals surface area contributed by atoms with Crippen molar-refractivity contribution < 1.29 is 4.92 Å². The van der Waals surface area contributed by atoms with Crippen molar-refractivity contribution in [1.29, 1.82) is 0 Å². The zero-order valence-corrected chi connectivity index (χ0v) is 12.1. The molecule has 0 saturated heterocycles. The zero-order chi connectivity index (χ0) is 15.4. The summed E-state index contributed by atoms with van der Waals surface area (Å²) in [4.78, 5) is 18.8. The molecular formula is C12H17N7O2. The highest BCUT2D eigenvalue weighted by molar-refractivity contribution is 5.60. The third kappa shape index (κ3) is 3.44. The van der Waals surface area contributed by atoms with E-state index in [2.05, 4.69) is 25.7 Å². The molecule has 9 heteroatoms. The molecule has 2 N–H and O–H groups in total. The summed E-state index contributed by atoms with van der Waals surface area (Å²) < 4.78 is 1.71. The summed E-state index contributed by atoms with van der Waals surface area (Å²) in [6, 6.07) is 1.90. The van der Waals surface area contributed by atoms with Crippen molar-refractivity contribution in [3.63, 3.8) is 0 Å². The number of nitrogens with zero attached hydrogens (tertiary/aromatic N) is 5. The summed E-state index contributed by atoms with van der Waals surface area (Å²) in [6.45, 7) is 2.09. The van der Waals surface area contributed by atoms with Crippen molar-refractivity contribution in [1.82, 2.24) is 19.7 Å². The molecule has 0 aromatic carbocycles. The first-order chi connectivity index (χ1) is 10.0. The number of hydrogen-bond acceptors (Lipinski definition) is 7. The van der Waals surface area contributed by atoms with E-state index in [4.69, 9.17) is 0 Å². The van der Waals surface area contributed by atoms with Gasteiger partial charge in [-0.1, -0.05) is 0 Å². The molecule has 0 fully saturated rings. The number of aromatic nitrogens is 4. The van der Waals surface area contributed by atoms with Gasteiger partial charge in [0.25, 0.3) is 0 Å². The van der Waals surface area contributed by atoms with Gasteiger partial charge < -0.3 is 10.6 Å². The minimum absolute atomic E-state index is 0.102. The summed E-state index contributed by atoms with van der Waals surface area (Å²) in [7, 11) is 3.51. The molecule has 21 heavy (non-hydrogen) atoms. The predicted molar refractivity (Wildman–Crippen MR) is 78.4 cm³/mol. The lowest BCUT2D eigenvalue weighted by molar-refractivity contribution is -0.385. The second kappa shape index (κ2) is 6.16. The fourth-order valence-electron chi connectivity index (χ4n) is 1.93. The molecule has 0 amide bonds. The standard InChI is InChI=1S/C12H17N7O2/c1-8-10(19(20)21)11(16-12(13-2)15-8)14-6-4-9-5-7-18(3)17-9/h5,7H,4,6H2,1-3H3,(H2,13,14,15,16). The third-order valence-electron chi connectivity index (χ3n) is 2.91.